The second kappa shape index (κ2) is 7.72. The lowest BCUT2D eigenvalue weighted by Gasteiger charge is -2.18. The predicted molar refractivity (Wildman–Crippen MR) is 75.8 cm³/mol. The zero-order valence-electron chi connectivity index (χ0n) is 11.5. The Bertz CT molecular complexity index is 302. The molecule has 0 unspecified atom stereocenters. The van der Waals surface area contributed by atoms with Crippen LogP contribution < -0.4 is 5.32 Å². The molecular weight excluding hydrogens is 234 g/mol. The molecule has 1 heterocycles. The van der Waals surface area contributed by atoms with E-state index in [1.54, 1.807) is 0 Å². The van der Waals surface area contributed by atoms with Gasteiger partial charge < -0.3 is 5.32 Å². The molecule has 3 nitrogen and oxygen atoms in total. The van der Waals surface area contributed by atoms with Crippen LogP contribution in [-0.4, -0.2) is 16.7 Å². The summed E-state index contributed by atoms with van der Waals surface area (Å²) < 4.78 is 0. The van der Waals surface area contributed by atoms with Crippen LogP contribution in [0.2, 0.25) is 0 Å². The van der Waals surface area contributed by atoms with Crippen molar-refractivity contribution in [1.82, 2.24) is 15.5 Å². The van der Waals surface area contributed by atoms with Gasteiger partial charge in [-0.3, -0.25) is 5.10 Å². The number of rotatable bonds is 6. The lowest BCUT2D eigenvalue weighted by Crippen LogP contribution is -2.19. The average molecular weight is 260 g/mol. The Hall–Kier alpha value is -0.540. The molecule has 0 saturated heterocycles. The highest BCUT2D eigenvalue weighted by Gasteiger charge is 2.19. The minimum atomic E-state index is 0. The van der Waals surface area contributed by atoms with Crippen molar-refractivity contribution in [2.24, 2.45) is 0 Å². The minimum absolute atomic E-state index is 0. The zero-order valence-corrected chi connectivity index (χ0v) is 12.3. The summed E-state index contributed by atoms with van der Waals surface area (Å²) in [5.41, 5.74) is 2.69. The van der Waals surface area contributed by atoms with Gasteiger partial charge >= 0.3 is 0 Å². The fourth-order valence-corrected chi connectivity index (χ4v) is 1.82. The Labute approximate surface area is 111 Å². The second-order valence-electron chi connectivity index (χ2n) is 5.40. The van der Waals surface area contributed by atoms with Gasteiger partial charge in [-0.05, 0) is 13.0 Å². The summed E-state index contributed by atoms with van der Waals surface area (Å²) in [6, 6.07) is 0. The molecule has 17 heavy (non-hydrogen) atoms. The van der Waals surface area contributed by atoms with Crippen LogP contribution in [0.5, 0.6) is 0 Å². The van der Waals surface area contributed by atoms with Crippen molar-refractivity contribution in [3.05, 3.63) is 17.5 Å². The number of nitrogens with one attached hydrogen (secondary N) is 2. The van der Waals surface area contributed by atoms with Gasteiger partial charge in [0.1, 0.15) is 0 Å². The summed E-state index contributed by atoms with van der Waals surface area (Å²) in [5.74, 6) is 0. The molecule has 100 valence electrons. The van der Waals surface area contributed by atoms with Gasteiger partial charge in [-0.15, -0.1) is 12.4 Å². The molecule has 0 aromatic carbocycles. The molecule has 0 spiro atoms. The fraction of sp³-hybridized carbons (Fsp3) is 0.769. The van der Waals surface area contributed by atoms with Gasteiger partial charge in [-0.1, -0.05) is 40.5 Å². The number of halogens is 1. The van der Waals surface area contributed by atoms with E-state index >= 15 is 0 Å². The number of hydrogen-bond donors (Lipinski definition) is 2. The maximum absolute atomic E-state index is 4.14. The number of H-pyrrole nitrogens is 1. The van der Waals surface area contributed by atoms with E-state index in [1.807, 2.05) is 6.20 Å². The highest BCUT2D eigenvalue weighted by molar-refractivity contribution is 5.85. The van der Waals surface area contributed by atoms with Crippen LogP contribution in [0.25, 0.3) is 0 Å². The van der Waals surface area contributed by atoms with E-state index in [4.69, 9.17) is 0 Å². The van der Waals surface area contributed by atoms with Gasteiger partial charge in [-0.2, -0.15) is 5.10 Å². The van der Waals surface area contributed by atoms with E-state index in [2.05, 4.69) is 43.2 Å². The summed E-state index contributed by atoms with van der Waals surface area (Å²) in [6.45, 7) is 10.9. The third kappa shape index (κ3) is 5.55. The van der Waals surface area contributed by atoms with Crippen molar-refractivity contribution in [2.45, 2.75) is 58.9 Å². The molecule has 2 N–H and O–H groups in total. The molecule has 0 bridgehead atoms. The molecule has 4 heteroatoms. The van der Waals surface area contributed by atoms with Gasteiger partial charge in [0, 0.05) is 23.2 Å². The van der Waals surface area contributed by atoms with Crippen LogP contribution in [0, 0.1) is 0 Å². The SMILES string of the molecule is CCCCCNCc1cn[nH]c1C(C)(C)C.Cl. The standard InChI is InChI=1S/C13H25N3.ClH/c1-5-6-7-8-14-9-11-10-15-16-12(11)13(2,3)4;/h10,14H,5-9H2,1-4H3,(H,15,16);1H. The third-order valence-corrected chi connectivity index (χ3v) is 2.74. The monoisotopic (exact) mass is 259 g/mol. The lowest BCUT2D eigenvalue weighted by molar-refractivity contribution is 0.550. The van der Waals surface area contributed by atoms with Gasteiger partial charge in [0.2, 0.25) is 0 Å². The first-order valence-electron chi connectivity index (χ1n) is 6.29. The highest BCUT2D eigenvalue weighted by atomic mass is 35.5. The number of aromatic amines is 1. The van der Waals surface area contributed by atoms with Crippen molar-refractivity contribution in [1.29, 1.82) is 0 Å². The molecular formula is C13H26ClN3. The van der Waals surface area contributed by atoms with E-state index in [1.165, 1.54) is 30.5 Å². The van der Waals surface area contributed by atoms with E-state index in [-0.39, 0.29) is 17.8 Å². The van der Waals surface area contributed by atoms with Crippen LogP contribution >= 0.6 is 12.4 Å². The molecule has 0 aliphatic heterocycles. The quantitative estimate of drug-likeness (QED) is 0.769. The minimum Gasteiger partial charge on any atom is -0.313 e. The first-order valence-corrected chi connectivity index (χ1v) is 6.29. The van der Waals surface area contributed by atoms with Gasteiger partial charge in [0.25, 0.3) is 0 Å². The molecule has 0 saturated carbocycles. The first kappa shape index (κ1) is 16.5. The Morgan fingerprint density at radius 1 is 1.29 bits per heavy atom. The Morgan fingerprint density at radius 3 is 2.59 bits per heavy atom. The van der Waals surface area contributed by atoms with Crippen LogP contribution in [0.4, 0.5) is 0 Å². The van der Waals surface area contributed by atoms with Gasteiger partial charge in [0.15, 0.2) is 0 Å². The second-order valence-corrected chi connectivity index (χ2v) is 5.40. The summed E-state index contributed by atoms with van der Waals surface area (Å²) in [7, 11) is 0. The maximum Gasteiger partial charge on any atom is 0.0535 e. The molecule has 0 fully saturated rings. The smallest absolute Gasteiger partial charge is 0.0535 e. The van der Waals surface area contributed by atoms with Crippen LogP contribution in [-0.2, 0) is 12.0 Å². The van der Waals surface area contributed by atoms with E-state index in [9.17, 15) is 0 Å². The topological polar surface area (TPSA) is 40.7 Å². The molecule has 0 radical (unpaired) electrons. The van der Waals surface area contributed by atoms with E-state index in [0.717, 1.165) is 13.1 Å². The summed E-state index contributed by atoms with van der Waals surface area (Å²) in [6.07, 6.45) is 5.79. The van der Waals surface area contributed by atoms with Crippen molar-refractivity contribution in [3.8, 4) is 0 Å². The number of nitrogens with zero attached hydrogens (tertiary/aromatic N) is 1. The number of hydrogen-bond acceptors (Lipinski definition) is 2. The average Bonchev–Trinajstić information content (AvgIpc) is 2.65. The third-order valence-electron chi connectivity index (χ3n) is 2.74. The molecule has 1 aromatic rings. The van der Waals surface area contributed by atoms with E-state index in [0.29, 0.717) is 0 Å². The van der Waals surface area contributed by atoms with Gasteiger partial charge in [-0.25, -0.2) is 0 Å². The maximum atomic E-state index is 4.14. The number of aromatic nitrogens is 2. The van der Waals surface area contributed by atoms with Crippen LogP contribution in [0.15, 0.2) is 6.20 Å². The zero-order chi connectivity index (χ0) is 12.0. The summed E-state index contributed by atoms with van der Waals surface area (Å²) in [4.78, 5) is 0. The largest absolute Gasteiger partial charge is 0.313 e. The molecule has 0 atom stereocenters. The summed E-state index contributed by atoms with van der Waals surface area (Å²) >= 11 is 0. The Morgan fingerprint density at radius 2 is 2.00 bits per heavy atom. The normalized spacial score (nSPS) is 11.3. The van der Waals surface area contributed by atoms with Gasteiger partial charge in [0.05, 0.1) is 6.20 Å². The van der Waals surface area contributed by atoms with E-state index < -0.39 is 0 Å². The van der Waals surface area contributed by atoms with Crippen LogP contribution in [0.1, 0.15) is 58.2 Å². The molecule has 0 aliphatic carbocycles. The molecule has 1 rings (SSSR count). The fourth-order valence-electron chi connectivity index (χ4n) is 1.82. The first-order chi connectivity index (χ1) is 7.55. The van der Waals surface area contributed by atoms with Crippen LogP contribution in [0.3, 0.4) is 0 Å². The van der Waals surface area contributed by atoms with Crippen molar-refractivity contribution in [2.75, 3.05) is 6.54 Å². The predicted octanol–water partition coefficient (Wildman–Crippen LogP) is 3.41. The Kier molecular flexibility index (Phi) is 7.48. The molecule has 1 aromatic heterocycles. The Balaban J connectivity index is 0.00000256. The highest BCUT2D eigenvalue weighted by Crippen LogP contribution is 2.23. The number of unbranched alkanes of at least 4 members (excludes halogenated alkanes) is 2. The molecule has 0 amide bonds. The molecule has 0 aliphatic rings. The van der Waals surface area contributed by atoms with Crippen molar-refractivity contribution in [3.63, 3.8) is 0 Å². The van der Waals surface area contributed by atoms with Crippen molar-refractivity contribution < 1.29 is 0 Å². The van der Waals surface area contributed by atoms with Crippen molar-refractivity contribution >= 4 is 12.4 Å². The lowest BCUT2D eigenvalue weighted by atomic mass is 9.89. The summed E-state index contributed by atoms with van der Waals surface area (Å²) in [5, 5.41) is 10.7.